The molecule has 0 aromatic carbocycles. The Morgan fingerprint density at radius 1 is 0.575 bits per heavy atom. The summed E-state index contributed by atoms with van der Waals surface area (Å²) in [6.07, 6.45) is -25.6. The summed E-state index contributed by atoms with van der Waals surface area (Å²) in [4.78, 5) is 11.6. The Hall–Kier alpha value is -1.67. The molecule has 80 heavy (non-hydrogen) atoms. The number of carbonyl (C=O) groups is 1. The average molecular weight is 1150 g/mol. The number of aliphatic hydroxyl groups is 14. The third-order valence-corrected chi connectivity index (χ3v) is 21.2. The van der Waals surface area contributed by atoms with E-state index in [2.05, 4.69) is 40.7 Å². The van der Waals surface area contributed by atoms with Crippen molar-refractivity contribution >= 4 is 5.97 Å². The first-order valence-corrected chi connectivity index (χ1v) is 28.8. The van der Waals surface area contributed by atoms with Crippen LogP contribution in [0.1, 0.15) is 120 Å². The molecule has 462 valence electrons. The lowest BCUT2D eigenvalue weighted by molar-refractivity contribution is -0.378. The molecule has 8 aliphatic rings. The van der Waals surface area contributed by atoms with E-state index in [-0.39, 0.29) is 34.5 Å². The fourth-order valence-corrected chi connectivity index (χ4v) is 16.4. The summed E-state index contributed by atoms with van der Waals surface area (Å²) in [5, 5.41) is 153. The van der Waals surface area contributed by atoms with Crippen LogP contribution in [0, 0.1) is 45.3 Å². The lowest BCUT2D eigenvalue weighted by Crippen LogP contribution is -2.68. The number of hydrogen-bond acceptors (Lipinski definition) is 24. The molecule has 0 amide bonds. The summed E-state index contributed by atoms with van der Waals surface area (Å²) in [6, 6.07) is 0. The van der Waals surface area contributed by atoms with Crippen LogP contribution in [-0.4, -0.2) is 245 Å². The van der Waals surface area contributed by atoms with Crippen molar-refractivity contribution < 1.29 is 119 Å². The number of fused-ring (bicyclic) bond motifs is 5. The molecule has 0 aromatic rings. The molecule has 4 saturated heterocycles. The highest BCUT2D eigenvalue weighted by molar-refractivity contribution is 5.65. The van der Waals surface area contributed by atoms with E-state index in [1.54, 1.807) is 0 Å². The zero-order valence-electron chi connectivity index (χ0n) is 47.6. The van der Waals surface area contributed by atoms with E-state index in [0.29, 0.717) is 38.5 Å². The molecular weight excluding hydrogens is 1060 g/mol. The predicted molar refractivity (Wildman–Crippen MR) is 276 cm³/mol. The molecule has 24 nitrogen and oxygen atoms in total. The van der Waals surface area contributed by atoms with Gasteiger partial charge in [0.2, 0.25) is 0 Å². The first-order valence-electron chi connectivity index (χ1n) is 28.8. The number of allylic oxidation sites excluding steroid dienone is 2. The molecule has 0 radical (unpaired) electrons. The minimum absolute atomic E-state index is 0.0210. The molecule has 8 rings (SSSR count). The van der Waals surface area contributed by atoms with Crippen LogP contribution < -0.4 is 0 Å². The maximum atomic E-state index is 12.9. The summed E-state index contributed by atoms with van der Waals surface area (Å²) in [5.41, 5.74) is -1.67. The Bertz CT molecular complexity index is 2120. The number of esters is 1. The van der Waals surface area contributed by atoms with Crippen LogP contribution in [0.2, 0.25) is 0 Å². The van der Waals surface area contributed by atoms with Crippen LogP contribution in [0.25, 0.3) is 0 Å². The minimum Gasteiger partial charge on any atom is -0.463 e. The lowest BCUT2D eigenvalue weighted by Gasteiger charge is -2.71. The summed E-state index contributed by atoms with van der Waals surface area (Å²) in [7, 11) is 0. The van der Waals surface area contributed by atoms with E-state index in [0.717, 1.165) is 31.8 Å². The smallest absolute Gasteiger partial charge is 0.302 e. The van der Waals surface area contributed by atoms with Crippen molar-refractivity contribution in [2.75, 3.05) is 26.4 Å². The van der Waals surface area contributed by atoms with E-state index in [1.807, 2.05) is 20.8 Å². The Labute approximate surface area is 467 Å². The highest BCUT2D eigenvalue weighted by Gasteiger charge is 2.72. The van der Waals surface area contributed by atoms with Crippen LogP contribution in [0.3, 0.4) is 0 Å². The largest absolute Gasteiger partial charge is 0.463 e. The third kappa shape index (κ3) is 11.6. The molecule has 0 aromatic heterocycles. The Morgan fingerprint density at radius 3 is 1.70 bits per heavy atom. The Kier molecular flexibility index (Phi) is 19.8. The van der Waals surface area contributed by atoms with Crippen molar-refractivity contribution in [2.45, 2.75) is 261 Å². The van der Waals surface area contributed by atoms with Gasteiger partial charge in [-0.25, -0.2) is 0 Å². The molecule has 24 heteroatoms. The van der Waals surface area contributed by atoms with Gasteiger partial charge in [-0.15, -0.1) is 0 Å². The second-order valence-electron chi connectivity index (χ2n) is 26.4. The van der Waals surface area contributed by atoms with Gasteiger partial charge in [0.05, 0.1) is 37.6 Å². The van der Waals surface area contributed by atoms with Crippen LogP contribution >= 0.6 is 0 Å². The Balaban J connectivity index is 1.00. The van der Waals surface area contributed by atoms with Gasteiger partial charge in [-0.05, 0) is 124 Å². The van der Waals surface area contributed by atoms with E-state index in [4.69, 9.17) is 42.6 Å². The maximum absolute atomic E-state index is 12.9. The molecule has 4 heterocycles. The molecule has 8 fully saturated rings. The standard InChI is InChI=1S/C56H94O24/c1-24(2)11-10-15-56(9,80-50-46(71)42(67)39(64)31(77-50)23-73-48-44(69)40(65)36(61)28(20-57)74-48)26-12-17-55(8)35(26)27(60)19-33-53(6)16-14-34(52(4,5)32(53)13-18-54(33,55)7)78-51-47(43(68)37(62)29(21-58)75-51)79-49-45(70)41(66)38(63)30(76-49)22-72-25(3)59/h11,26-51,57-58,60-71H,10,12-23H2,1-9H3/t26-,27+,28+,29+,30+,31+,32-,33+,34-,35-,36+,37+,38+,39+,40-,41-,42-,43-,44+,45+,46+,47+,48+,49-,50-,51-,53-,54+,55+,56-/m0/s1. The normalized spacial score (nSPS) is 51.0. The Morgan fingerprint density at radius 2 is 1.10 bits per heavy atom. The van der Waals surface area contributed by atoms with Crippen molar-refractivity contribution in [3.8, 4) is 0 Å². The van der Waals surface area contributed by atoms with Crippen molar-refractivity contribution in [3.63, 3.8) is 0 Å². The molecule has 4 saturated carbocycles. The van der Waals surface area contributed by atoms with Crippen LogP contribution in [0.15, 0.2) is 11.6 Å². The highest BCUT2D eigenvalue weighted by atomic mass is 16.8. The first kappa shape index (κ1) is 64.3. The number of ether oxygens (including phenoxy) is 9. The number of rotatable bonds is 17. The lowest BCUT2D eigenvalue weighted by atomic mass is 9.35. The zero-order valence-corrected chi connectivity index (χ0v) is 47.6. The fraction of sp³-hybridized carbons (Fsp3) is 0.946. The SMILES string of the molecule is CC(=O)OC[C@H]1O[C@@H](O[C@H]2[C@H](O[C@H]3CC[C@]4(C)[C@H]5C[C@@H](O)[C@@H]6[C@@H]([C@](C)(CCC=C(C)C)O[C@@H]7O[C@H](CO[C@@H]8O[C@H](CO)[C@@H](O)[C@H](O)[C@H]8O)[C@@H](O)[C@H](O)[C@H]7O)CC[C@@]6(C)[C@]5(C)CC[C@H]4C3(C)C)O[C@H](CO)[C@@H](O)[C@@H]2O)[C@H](O)[C@@H](O)[C@@H]1O. The summed E-state index contributed by atoms with van der Waals surface area (Å²) >= 11 is 0. The van der Waals surface area contributed by atoms with Crippen molar-refractivity contribution in [1.82, 2.24) is 0 Å². The second-order valence-corrected chi connectivity index (χ2v) is 26.4. The van der Waals surface area contributed by atoms with Crippen molar-refractivity contribution in [2.24, 2.45) is 45.3 Å². The molecule has 14 N–H and O–H groups in total. The second kappa shape index (κ2) is 24.6. The van der Waals surface area contributed by atoms with Gasteiger partial charge in [-0.2, -0.15) is 0 Å². The monoisotopic (exact) mass is 1150 g/mol. The highest BCUT2D eigenvalue weighted by Crippen LogP contribution is 2.76. The van der Waals surface area contributed by atoms with E-state index in [1.165, 1.54) is 0 Å². The number of aliphatic hydroxyl groups excluding tert-OH is 14. The van der Waals surface area contributed by atoms with Gasteiger partial charge in [0.1, 0.15) is 104 Å². The summed E-state index contributed by atoms with van der Waals surface area (Å²) < 4.78 is 54.2. The van der Waals surface area contributed by atoms with E-state index in [9.17, 15) is 76.3 Å². The molecule has 0 spiro atoms. The van der Waals surface area contributed by atoms with Gasteiger partial charge in [-0.3, -0.25) is 4.79 Å². The van der Waals surface area contributed by atoms with Gasteiger partial charge in [0, 0.05) is 6.92 Å². The average Bonchev–Trinajstić information content (AvgIpc) is 4.00. The van der Waals surface area contributed by atoms with Gasteiger partial charge < -0.3 is 114 Å². The maximum Gasteiger partial charge on any atom is 0.302 e. The molecule has 4 aliphatic carbocycles. The van der Waals surface area contributed by atoms with Crippen LogP contribution in [0.4, 0.5) is 0 Å². The predicted octanol–water partition coefficient (Wildman–Crippen LogP) is -1.63. The van der Waals surface area contributed by atoms with Crippen molar-refractivity contribution in [3.05, 3.63) is 11.6 Å². The van der Waals surface area contributed by atoms with Gasteiger partial charge in [-0.1, -0.05) is 46.3 Å². The molecule has 0 bridgehead atoms. The van der Waals surface area contributed by atoms with Gasteiger partial charge in [0.25, 0.3) is 0 Å². The first-order chi connectivity index (χ1) is 37.4. The third-order valence-electron chi connectivity index (χ3n) is 21.2. The summed E-state index contributed by atoms with van der Waals surface area (Å²) in [5.74, 6) is -1.21. The molecule has 0 unspecified atom stereocenters. The quantitative estimate of drug-likeness (QED) is 0.0442. The molecule has 4 aliphatic heterocycles. The minimum atomic E-state index is -1.85. The van der Waals surface area contributed by atoms with Gasteiger partial charge in [0.15, 0.2) is 25.2 Å². The number of hydrogen-bond donors (Lipinski definition) is 14. The molecular formula is C56H94O24. The molecule has 30 atom stereocenters. The zero-order chi connectivity index (χ0) is 58.9. The fourth-order valence-electron chi connectivity index (χ4n) is 16.4. The van der Waals surface area contributed by atoms with Gasteiger partial charge >= 0.3 is 5.97 Å². The van der Waals surface area contributed by atoms with Crippen LogP contribution in [0.5, 0.6) is 0 Å². The van der Waals surface area contributed by atoms with E-state index < -0.39 is 184 Å². The number of carbonyl (C=O) groups excluding carboxylic acids is 1. The topological polar surface area (TPSA) is 383 Å². The van der Waals surface area contributed by atoms with Crippen molar-refractivity contribution in [1.29, 1.82) is 0 Å². The van der Waals surface area contributed by atoms with Crippen LogP contribution in [-0.2, 0) is 47.4 Å². The summed E-state index contributed by atoms with van der Waals surface area (Å²) in [6.45, 7) is 15.9. The van der Waals surface area contributed by atoms with E-state index >= 15 is 0 Å².